The van der Waals surface area contributed by atoms with E-state index in [1.807, 2.05) is 17.0 Å². The first kappa shape index (κ1) is 25.4. The van der Waals surface area contributed by atoms with Crippen LogP contribution < -0.4 is 4.74 Å². The third-order valence-electron chi connectivity index (χ3n) is 6.41. The van der Waals surface area contributed by atoms with Crippen LogP contribution in [-0.4, -0.2) is 32.0 Å². The van der Waals surface area contributed by atoms with E-state index in [1.54, 1.807) is 12.1 Å². The number of hydrogen-bond acceptors (Lipinski definition) is 5. The molecule has 0 N–H and O–H groups in total. The predicted molar refractivity (Wildman–Crippen MR) is 113 cm³/mol. The van der Waals surface area contributed by atoms with Gasteiger partial charge in [-0.2, -0.15) is 34.8 Å². The summed E-state index contributed by atoms with van der Waals surface area (Å²) in [5.41, 5.74) is -6.25. The van der Waals surface area contributed by atoms with E-state index in [1.165, 1.54) is 25.3 Å². The Morgan fingerprint density at radius 3 is 2.17 bits per heavy atom. The molecule has 1 saturated heterocycles. The van der Waals surface area contributed by atoms with Gasteiger partial charge in [-0.25, -0.2) is 0 Å². The number of benzene rings is 2. The molecule has 2 aromatic carbocycles. The summed E-state index contributed by atoms with van der Waals surface area (Å²) in [5.74, 6) is 0.247. The maximum atomic E-state index is 13.1. The van der Waals surface area contributed by atoms with Gasteiger partial charge in [0.05, 0.1) is 18.2 Å². The molecule has 35 heavy (non-hydrogen) atoms. The van der Waals surface area contributed by atoms with E-state index in [4.69, 9.17) is 4.74 Å². The molecular formula is C23H21F6NO4S. The second-order valence-corrected chi connectivity index (χ2v) is 10.0. The number of rotatable bonds is 6. The molecule has 0 spiro atoms. The fraction of sp³-hybridized carbons (Fsp3) is 0.391. The lowest BCUT2D eigenvalue weighted by Crippen LogP contribution is -2.47. The zero-order valence-electron chi connectivity index (χ0n) is 18.4. The van der Waals surface area contributed by atoms with Crippen LogP contribution in [0.15, 0.2) is 60.4 Å². The molecule has 4 rings (SSSR count). The van der Waals surface area contributed by atoms with E-state index in [-0.39, 0.29) is 12.2 Å². The van der Waals surface area contributed by atoms with Gasteiger partial charge in [0.1, 0.15) is 11.5 Å². The molecule has 190 valence electrons. The first-order valence-corrected chi connectivity index (χ1v) is 11.9. The first-order chi connectivity index (χ1) is 16.2. The normalized spacial score (nSPS) is 23.2. The van der Waals surface area contributed by atoms with E-state index in [2.05, 4.69) is 4.18 Å². The topological polar surface area (TPSA) is 55.8 Å². The molecule has 0 aliphatic carbocycles. The quantitative estimate of drug-likeness (QED) is 0.276. The molecule has 0 aromatic heterocycles. The highest BCUT2D eigenvalue weighted by Crippen LogP contribution is 2.52. The zero-order valence-corrected chi connectivity index (χ0v) is 19.2. The van der Waals surface area contributed by atoms with Gasteiger partial charge in [0.15, 0.2) is 0 Å². The van der Waals surface area contributed by atoms with Gasteiger partial charge in [-0.1, -0.05) is 24.3 Å². The molecule has 0 amide bonds. The molecule has 2 aliphatic heterocycles. The van der Waals surface area contributed by atoms with Crippen LogP contribution in [0.5, 0.6) is 5.75 Å². The number of nitrogens with zero attached hydrogens (tertiary/aromatic N) is 1. The van der Waals surface area contributed by atoms with E-state index < -0.39 is 38.9 Å². The van der Waals surface area contributed by atoms with Crippen LogP contribution in [-0.2, 0) is 32.6 Å². The average Bonchev–Trinajstić information content (AvgIpc) is 2.98. The Morgan fingerprint density at radius 1 is 1.00 bits per heavy atom. The minimum Gasteiger partial charge on any atom is -0.497 e. The molecule has 2 unspecified atom stereocenters. The van der Waals surface area contributed by atoms with Gasteiger partial charge in [0.25, 0.3) is 0 Å². The van der Waals surface area contributed by atoms with Crippen molar-refractivity contribution < 1.29 is 43.7 Å². The third-order valence-corrected chi connectivity index (χ3v) is 7.41. The smallest absolute Gasteiger partial charge is 0.497 e. The molecule has 0 saturated carbocycles. The fourth-order valence-electron chi connectivity index (χ4n) is 4.75. The van der Waals surface area contributed by atoms with Crippen molar-refractivity contribution in [1.82, 2.24) is 4.90 Å². The Kier molecular flexibility index (Phi) is 6.33. The molecule has 2 bridgehead atoms. The maximum Gasteiger partial charge on any atom is 0.534 e. The van der Waals surface area contributed by atoms with Gasteiger partial charge >= 0.3 is 21.8 Å². The highest BCUT2D eigenvalue weighted by atomic mass is 32.2. The third kappa shape index (κ3) is 4.86. The molecule has 2 heterocycles. The van der Waals surface area contributed by atoms with E-state index in [0.717, 1.165) is 17.7 Å². The molecule has 5 nitrogen and oxygen atoms in total. The van der Waals surface area contributed by atoms with Crippen LogP contribution in [0.25, 0.3) is 0 Å². The first-order valence-electron chi connectivity index (χ1n) is 10.5. The highest BCUT2D eigenvalue weighted by molar-refractivity contribution is 7.87. The monoisotopic (exact) mass is 521 g/mol. The van der Waals surface area contributed by atoms with Gasteiger partial charge in [0.2, 0.25) is 0 Å². The minimum absolute atomic E-state index is 0.250. The van der Waals surface area contributed by atoms with Crippen LogP contribution in [0.4, 0.5) is 26.3 Å². The second-order valence-electron chi connectivity index (χ2n) is 8.48. The molecule has 2 aromatic rings. The van der Waals surface area contributed by atoms with Crippen molar-refractivity contribution in [2.24, 2.45) is 0 Å². The largest absolute Gasteiger partial charge is 0.534 e. The van der Waals surface area contributed by atoms with E-state index >= 15 is 0 Å². The molecular weight excluding hydrogens is 500 g/mol. The molecule has 12 heteroatoms. The summed E-state index contributed by atoms with van der Waals surface area (Å²) in [6, 6.07) is 11.0. The summed E-state index contributed by atoms with van der Waals surface area (Å²) in [6.45, 7) is 0.325. The highest BCUT2D eigenvalue weighted by Gasteiger charge is 2.54. The molecule has 1 fully saturated rings. The minimum atomic E-state index is -5.88. The van der Waals surface area contributed by atoms with Crippen molar-refractivity contribution in [3.05, 3.63) is 77.1 Å². The van der Waals surface area contributed by atoms with Crippen LogP contribution in [0.2, 0.25) is 0 Å². The number of hydrogen-bond donors (Lipinski definition) is 0. The fourth-order valence-corrected chi connectivity index (χ4v) is 5.24. The summed E-state index contributed by atoms with van der Waals surface area (Å²) < 4.78 is 111. The summed E-state index contributed by atoms with van der Waals surface area (Å²) in [5, 5.41) is 0. The summed E-state index contributed by atoms with van der Waals surface area (Å²) in [4.78, 5) is 1.96. The van der Waals surface area contributed by atoms with Crippen molar-refractivity contribution in [2.45, 2.75) is 49.1 Å². The van der Waals surface area contributed by atoms with Crippen LogP contribution in [0, 0.1) is 0 Å². The Hall–Kier alpha value is -2.73. The number of alkyl halides is 6. The second kappa shape index (κ2) is 8.74. The predicted octanol–water partition coefficient (Wildman–Crippen LogP) is 5.73. The van der Waals surface area contributed by atoms with Gasteiger partial charge < -0.3 is 8.92 Å². The van der Waals surface area contributed by atoms with E-state index in [9.17, 15) is 34.8 Å². The maximum absolute atomic E-state index is 13.1. The van der Waals surface area contributed by atoms with Gasteiger partial charge in [-0.15, -0.1) is 0 Å². The lowest BCUT2D eigenvalue weighted by atomic mass is 9.82. The number of fused-ring (bicyclic) bond motifs is 2. The Balaban J connectivity index is 1.73. The van der Waals surface area contributed by atoms with Gasteiger partial charge in [-0.05, 0) is 54.3 Å². The van der Waals surface area contributed by atoms with Crippen molar-refractivity contribution in [1.29, 1.82) is 0 Å². The zero-order chi connectivity index (χ0) is 25.6. The lowest BCUT2D eigenvalue weighted by Gasteiger charge is -2.44. The number of halogens is 6. The number of ether oxygens (including phenoxy) is 1. The Bertz CT molecular complexity index is 1210. The van der Waals surface area contributed by atoms with Crippen LogP contribution >= 0.6 is 0 Å². The molecule has 2 atom stereocenters. The van der Waals surface area contributed by atoms with Crippen LogP contribution in [0.1, 0.15) is 36.0 Å². The SMILES string of the molecule is COc1ccc(CN2C3C=C(OS(=O)(=O)C(F)(F)F)CC2(c2ccc(C(F)(F)F)cc2)CC3)cc1. The molecule has 0 radical (unpaired) electrons. The van der Waals surface area contributed by atoms with Gasteiger partial charge in [0, 0.05) is 19.0 Å². The number of methoxy groups -OCH3 is 1. The average molecular weight is 521 g/mol. The van der Waals surface area contributed by atoms with Crippen molar-refractivity contribution in [3.63, 3.8) is 0 Å². The van der Waals surface area contributed by atoms with Crippen molar-refractivity contribution in [2.75, 3.05) is 7.11 Å². The van der Waals surface area contributed by atoms with E-state index in [0.29, 0.717) is 30.7 Å². The Morgan fingerprint density at radius 2 is 1.63 bits per heavy atom. The lowest BCUT2D eigenvalue weighted by molar-refractivity contribution is -0.137. The van der Waals surface area contributed by atoms with Crippen molar-refractivity contribution in [3.8, 4) is 5.75 Å². The summed E-state index contributed by atoms with van der Waals surface area (Å²) in [6.07, 6.45) is -2.62. The molecule has 2 aliphatic rings. The summed E-state index contributed by atoms with van der Waals surface area (Å²) in [7, 11) is -4.37. The van der Waals surface area contributed by atoms with Crippen molar-refractivity contribution >= 4 is 10.1 Å². The standard InChI is InChI=1S/C23H21F6NO4S/c1-33-19-8-2-15(3-9-19)14-30-18-10-11-21(30,16-4-6-17(7-5-16)22(24,25)26)13-20(12-18)34-35(31,32)23(27,28)29/h2-9,12,18H,10-11,13-14H2,1H3. The van der Waals surface area contributed by atoms with Gasteiger partial charge in [-0.3, -0.25) is 4.90 Å². The summed E-state index contributed by atoms with van der Waals surface area (Å²) >= 11 is 0. The Labute approximate surface area is 198 Å². The van der Waals surface area contributed by atoms with Crippen LogP contribution in [0.3, 0.4) is 0 Å².